The minimum absolute atomic E-state index is 0.00931. The molecule has 0 spiro atoms. The van der Waals surface area contributed by atoms with Gasteiger partial charge in [-0.3, -0.25) is 4.79 Å². The van der Waals surface area contributed by atoms with Crippen molar-refractivity contribution in [2.75, 3.05) is 19.5 Å². The minimum Gasteiger partial charge on any atom is -0.493 e. The summed E-state index contributed by atoms with van der Waals surface area (Å²) in [6, 6.07) is 12.0. The highest BCUT2D eigenvalue weighted by Gasteiger charge is 2.34. The highest BCUT2D eigenvalue weighted by Crippen LogP contribution is 2.42. The predicted molar refractivity (Wildman–Crippen MR) is 112 cm³/mol. The quantitative estimate of drug-likeness (QED) is 0.809. The molecule has 1 amide bonds. The van der Waals surface area contributed by atoms with Crippen LogP contribution >= 0.6 is 0 Å². The van der Waals surface area contributed by atoms with Crippen LogP contribution in [0.5, 0.6) is 11.5 Å². The summed E-state index contributed by atoms with van der Waals surface area (Å²) in [6.45, 7) is 8.17. The second-order valence-electron chi connectivity index (χ2n) is 8.28. The molecule has 0 aromatic heterocycles. The predicted octanol–water partition coefficient (Wildman–Crippen LogP) is 4.31. The molecule has 2 N–H and O–H groups in total. The molecule has 1 aliphatic heterocycles. The Bertz CT molecular complexity index is 874. The van der Waals surface area contributed by atoms with Crippen molar-refractivity contribution in [2.45, 2.75) is 45.7 Å². The van der Waals surface area contributed by atoms with Crippen molar-refractivity contribution in [3.05, 3.63) is 53.1 Å². The number of anilines is 1. The van der Waals surface area contributed by atoms with Gasteiger partial charge in [-0.2, -0.15) is 0 Å². The molecule has 0 aliphatic carbocycles. The van der Waals surface area contributed by atoms with Crippen LogP contribution in [0.1, 0.15) is 50.4 Å². The fourth-order valence-electron chi connectivity index (χ4n) is 3.74. The van der Waals surface area contributed by atoms with Crippen LogP contribution in [0.3, 0.4) is 0 Å². The van der Waals surface area contributed by atoms with Crippen molar-refractivity contribution < 1.29 is 14.3 Å². The Morgan fingerprint density at radius 3 is 2.39 bits per heavy atom. The van der Waals surface area contributed by atoms with Crippen molar-refractivity contribution in [2.24, 2.45) is 5.92 Å². The van der Waals surface area contributed by atoms with Crippen LogP contribution in [0.2, 0.25) is 0 Å². The topological polar surface area (TPSA) is 59.6 Å². The molecule has 0 fully saturated rings. The molecule has 1 atom stereocenters. The van der Waals surface area contributed by atoms with Crippen LogP contribution in [-0.2, 0) is 11.2 Å². The van der Waals surface area contributed by atoms with Gasteiger partial charge in [0.25, 0.3) is 0 Å². The van der Waals surface area contributed by atoms with Crippen LogP contribution in [0, 0.1) is 5.92 Å². The van der Waals surface area contributed by atoms with Crippen LogP contribution in [-0.4, -0.2) is 25.7 Å². The van der Waals surface area contributed by atoms with Gasteiger partial charge in [0.1, 0.15) is 0 Å². The zero-order valence-electron chi connectivity index (χ0n) is 17.6. The third-order valence-corrected chi connectivity index (χ3v) is 5.18. The lowest BCUT2D eigenvalue weighted by Gasteiger charge is -2.40. The van der Waals surface area contributed by atoms with Gasteiger partial charge in [-0.1, -0.05) is 32.0 Å². The zero-order valence-corrected chi connectivity index (χ0v) is 17.6. The van der Waals surface area contributed by atoms with Gasteiger partial charge in [0.2, 0.25) is 5.91 Å². The molecule has 0 saturated heterocycles. The number of benzene rings is 2. The number of fused-ring (bicyclic) bond motifs is 1. The van der Waals surface area contributed by atoms with E-state index in [2.05, 4.69) is 36.6 Å². The number of para-hydroxylation sites is 1. The molecule has 5 heteroatoms. The van der Waals surface area contributed by atoms with E-state index in [0.717, 1.165) is 29.0 Å². The SMILES string of the molecule is COc1cc2c(cc1OC)C(c1ccccc1NC(=O)C(C)C)NC(C)(C)C2. The maximum absolute atomic E-state index is 12.3. The molecule has 2 aromatic carbocycles. The van der Waals surface area contributed by atoms with Gasteiger partial charge in [-0.05, 0) is 55.2 Å². The van der Waals surface area contributed by atoms with Crippen LogP contribution in [0.15, 0.2) is 36.4 Å². The Kier molecular flexibility index (Phi) is 5.66. The van der Waals surface area contributed by atoms with Crippen molar-refractivity contribution in [3.8, 4) is 11.5 Å². The van der Waals surface area contributed by atoms with Crippen molar-refractivity contribution in [3.63, 3.8) is 0 Å². The summed E-state index contributed by atoms with van der Waals surface area (Å²) < 4.78 is 11.1. The van der Waals surface area contributed by atoms with Gasteiger partial charge in [-0.15, -0.1) is 0 Å². The first kappa shape index (κ1) is 20.2. The Balaban J connectivity index is 2.12. The summed E-state index contributed by atoms with van der Waals surface area (Å²) >= 11 is 0. The minimum atomic E-state index is -0.105. The Hall–Kier alpha value is -2.53. The molecule has 1 unspecified atom stereocenters. The largest absolute Gasteiger partial charge is 0.493 e. The van der Waals surface area contributed by atoms with Gasteiger partial charge in [0, 0.05) is 17.1 Å². The van der Waals surface area contributed by atoms with E-state index in [1.807, 2.05) is 38.1 Å². The average molecular weight is 383 g/mol. The van der Waals surface area contributed by atoms with Gasteiger partial charge >= 0.3 is 0 Å². The highest BCUT2D eigenvalue weighted by atomic mass is 16.5. The number of amides is 1. The Morgan fingerprint density at radius 1 is 1.11 bits per heavy atom. The molecule has 0 radical (unpaired) electrons. The summed E-state index contributed by atoms with van der Waals surface area (Å²) in [5.74, 6) is 1.37. The number of hydrogen-bond donors (Lipinski definition) is 2. The lowest BCUT2D eigenvalue weighted by atomic mass is 9.80. The van der Waals surface area contributed by atoms with Crippen LogP contribution in [0.25, 0.3) is 0 Å². The molecular weight excluding hydrogens is 352 g/mol. The van der Waals surface area contributed by atoms with E-state index in [1.165, 1.54) is 5.56 Å². The number of ether oxygens (including phenoxy) is 2. The normalized spacial score (nSPS) is 17.8. The van der Waals surface area contributed by atoms with E-state index < -0.39 is 0 Å². The van der Waals surface area contributed by atoms with Crippen LogP contribution < -0.4 is 20.1 Å². The van der Waals surface area contributed by atoms with E-state index in [-0.39, 0.29) is 23.4 Å². The smallest absolute Gasteiger partial charge is 0.226 e. The second-order valence-corrected chi connectivity index (χ2v) is 8.28. The fourth-order valence-corrected chi connectivity index (χ4v) is 3.74. The number of carbonyl (C=O) groups excluding carboxylic acids is 1. The van der Waals surface area contributed by atoms with E-state index in [1.54, 1.807) is 14.2 Å². The van der Waals surface area contributed by atoms with E-state index >= 15 is 0 Å². The maximum atomic E-state index is 12.3. The number of methoxy groups -OCH3 is 2. The lowest BCUT2D eigenvalue weighted by Crippen LogP contribution is -2.48. The molecule has 28 heavy (non-hydrogen) atoms. The summed E-state index contributed by atoms with van der Waals surface area (Å²) in [5, 5.41) is 6.83. The van der Waals surface area contributed by atoms with E-state index in [9.17, 15) is 4.79 Å². The number of rotatable bonds is 5. The van der Waals surface area contributed by atoms with Crippen molar-refractivity contribution >= 4 is 11.6 Å². The summed E-state index contributed by atoms with van der Waals surface area (Å²) in [4.78, 5) is 12.3. The molecule has 0 saturated carbocycles. The summed E-state index contributed by atoms with van der Waals surface area (Å²) in [7, 11) is 3.31. The van der Waals surface area contributed by atoms with Crippen molar-refractivity contribution in [1.29, 1.82) is 0 Å². The molecule has 0 bridgehead atoms. The molecule has 5 nitrogen and oxygen atoms in total. The molecule has 150 valence electrons. The summed E-state index contributed by atoms with van der Waals surface area (Å²) in [6.07, 6.45) is 0.875. The van der Waals surface area contributed by atoms with Gasteiger partial charge in [-0.25, -0.2) is 0 Å². The average Bonchev–Trinajstić information content (AvgIpc) is 2.66. The summed E-state index contributed by atoms with van der Waals surface area (Å²) in [5.41, 5.74) is 4.13. The molecule has 3 rings (SSSR count). The molecule has 2 aromatic rings. The zero-order chi connectivity index (χ0) is 20.5. The van der Waals surface area contributed by atoms with Gasteiger partial charge < -0.3 is 20.1 Å². The standard InChI is InChI=1S/C23H30N2O3/c1-14(2)22(26)24-18-10-8-7-9-16(18)21-17-12-20(28-6)19(27-5)11-15(17)13-23(3,4)25-21/h7-12,14,21,25H,13H2,1-6H3,(H,24,26). The molecular formula is C23H30N2O3. The lowest BCUT2D eigenvalue weighted by molar-refractivity contribution is -0.118. The number of carbonyl (C=O) groups is 1. The number of nitrogens with one attached hydrogen (secondary N) is 2. The highest BCUT2D eigenvalue weighted by molar-refractivity contribution is 5.93. The van der Waals surface area contributed by atoms with Crippen molar-refractivity contribution in [1.82, 2.24) is 5.32 Å². The first-order valence-electron chi connectivity index (χ1n) is 9.68. The third kappa shape index (κ3) is 3.99. The monoisotopic (exact) mass is 382 g/mol. The molecule has 1 heterocycles. The maximum Gasteiger partial charge on any atom is 0.226 e. The van der Waals surface area contributed by atoms with Crippen LogP contribution in [0.4, 0.5) is 5.69 Å². The second kappa shape index (κ2) is 7.84. The first-order chi connectivity index (χ1) is 13.3. The third-order valence-electron chi connectivity index (χ3n) is 5.18. The van der Waals surface area contributed by atoms with E-state index in [0.29, 0.717) is 5.75 Å². The Morgan fingerprint density at radius 2 is 1.75 bits per heavy atom. The van der Waals surface area contributed by atoms with E-state index in [4.69, 9.17) is 9.47 Å². The van der Waals surface area contributed by atoms with Gasteiger partial charge in [0.05, 0.1) is 20.3 Å². The number of hydrogen-bond acceptors (Lipinski definition) is 4. The fraction of sp³-hybridized carbons (Fsp3) is 0.435. The Labute approximate surface area is 167 Å². The van der Waals surface area contributed by atoms with Gasteiger partial charge in [0.15, 0.2) is 11.5 Å². The first-order valence-corrected chi connectivity index (χ1v) is 9.68. The molecule has 1 aliphatic rings.